The molecule has 3 aromatic rings. The number of hydrogen-bond donors (Lipinski definition) is 1. The highest BCUT2D eigenvalue weighted by Gasteiger charge is 2.23. The van der Waals surface area contributed by atoms with Crippen LogP contribution < -0.4 is 4.90 Å². The van der Waals surface area contributed by atoms with Gasteiger partial charge in [0.25, 0.3) is 0 Å². The van der Waals surface area contributed by atoms with Gasteiger partial charge in [-0.3, -0.25) is 4.79 Å². The third-order valence-electron chi connectivity index (χ3n) is 4.91. The number of anilines is 1. The van der Waals surface area contributed by atoms with Gasteiger partial charge in [0.2, 0.25) is 5.91 Å². The number of hydrogen-bond acceptors (Lipinski definition) is 4. The lowest BCUT2D eigenvalue weighted by atomic mass is 10.1. The molecule has 0 unspecified atom stereocenters. The molecule has 2 aromatic heterocycles. The number of fused-ring (bicyclic) bond motifs is 1. The summed E-state index contributed by atoms with van der Waals surface area (Å²) in [6.45, 7) is 4.99. The van der Waals surface area contributed by atoms with Crippen LogP contribution >= 0.6 is 0 Å². The van der Waals surface area contributed by atoms with E-state index in [0.29, 0.717) is 6.42 Å². The molecule has 6 nitrogen and oxygen atoms in total. The standard InChI is InChI=1S/C20H23N5O/c1-15-22-19-17(9-10-21-19)20(23-15)25-13-11-24(12-14-25)18(26)8-7-16-5-3-2-4-6-16/h2-6,9-10H,7-8,11-14H2,1H3,(H,21,22,23). The number of aryl methyl sites for hydroxylation is 2. The topological polar surface area (TPSA) is 65.1 Å². The molecule has 26 heavy (non-hydrogen) atoms. The number of nitrogens with zero attached hydrogens (tertiary/aromatic N) is 4. The fourth-order valence-electron chi connectivity index (χ4n) is 3.50. The Hall–Kier alpha value is -2.89. The summed E-state index contributed by atoms with van der Waals surface area (Å²) in [6, 6.07) is 12.2. The highest BCUT2D eigenvalue weighted by atomic mass is 16.2. The average Bonchev–Trinajstić information content (AvgIpc) is 3.15. The van der Waals surface area contributed by atoms with Gasteiger partial charge in [0, 0.05) is 38.8 Å². The second kappa shape index (κ2) is 7.15. The molecule has 1 aliphatic heterocycles. The Kier molecular flexibility index (Phi) is 4.56. The van der Waals surface area contributed by atoms with Gasteiger partial charge in [-0.15, -0.1) is 0 Å². The van der Waals surface area contributed by atoms with Gasteiger partial charge < -0.3 is 14.8 Å². The van der Waals surface area contributed by atoms with E-state index in [1.807, 2.05) is 42.3 Å². The summed E-state index contributed by atoms with van der Waals surface area (Å²) in [7, 11) is 0. The van der Waals surface area contributed by atoms with Gasteiger partial charge in [-0.1, -0.05) is 30.3 Å². The molecule has 1 N–H and O–H groups in total. The maximum absolute atomic E-state index is 12.5. The summed E-state index contributed by atoms with van der Waals surface area (Å²) >= 11 is 0. The lowest BCUT2D eigenvalue weighted by molar-refractivity contribution is -0.131. The molecule has 0 spiro atoms. The summed E-state index contributed by atoms with van der Waals surface area (Å²) in [4.78, 5) is 29.0. The quantitative estimate of drug-likeness (QED) is 0.786. The molecule has 0 saturated carbocycles. The molecule has 1 fully saturated rings. The highest BCUT2D eigenvalue weighted by molar-refractivity contribution is 5.87. The van der Waals surface area contributed by atoms with Gasteiger partial charge in [0.05, 0.1) is 5.39 Å². The minimum Gasteiger partial charge on any atom is -0.352 e. The minimum absolute atomic E-state index is 0.235. The van der Waals surface area contributed by atoms with Crippen molar-refractivity contribution in [1.29, 1.82) is 0 Å². The maximum Gasteiger partial charge on any atom is 0.223 e. The Balaban J connectivity index is 1.37. The molecular weight excluding hydrogens is 326 g/mol. The first-order chi connectivity index (χ1) is 12.7. The zero-order valence-corrected chi connectivity index (χ0v) is 15.0. The van der Waals surface area contributed by atoms with Crippen molar-refractivity contribution in [3.63, 3.8) is 0 Å². The predicted octanol–water partition coefficient (Wildman–Crippen LogP) is 2.55. The number of aromatic nitrogens is 3. The van der Waals surface area contributed by atoms with Crippen LogP contribution in [0.25, 0.3) is 11.0 Å². The molecule has 0 bridgehead atoms. The van der Waals surface area contributed by atoms with Crippen molar-refractivity contribution in [2.45, 2.75) is 19.8 Å². The average molecular weight is 349 g/mol. The third-order valence-corrected chi connectivity index (χ3v) is 4.91. The number of amides is 1. The van der Waals surface area contributed by atoms with E-state index >= 15 is 0 Å². The van der Waals surface area contributed by atoms with Crippen LogP contribution in [0.1, 0.15) is 17.8 Å². The smallest absolute Gasteiger partial charge is 0.223 e. The Labute approximate surface area is 152 Å². The monoisotopic (exact) mass is 349 g/mol. The lowest BCUT2D eigenvalue weighted by Gasteiger charge is -2.35. The summed E-state index contributed by atoms with van der Waals surface area (Å²) in [6.07, 6.45) is 3.26. The summed E-state index contributed by atoms with van der Waals surface area (Å²) < 4.78 is 0. The molecule has 0 atom stereocenters. The van der Waals surface area contributed by atoms with E-state index in [9.17, 15) is 4.79 Å². The number of piperazine rings is 1. The van der Waals surface area contributed by atoms with E-state index in [1.165, 1.54) is 5.56 Å². The molecular formula is C20H23N5O. The van der Waals surface area contributed by atoms with E-state index in [0.717, 1.165) is 55.3 Å². The Morgan fingerprint density at radius 2 is 1.85 bits per heavy atom. The molecule has 4 rings (SSSR count). The Morgan fingerprint density at radius 1 is 1.08 bits per heavy atom. The zero-order chi connectivity index (χ0) is 17.9. The number of carbonyl (C=O) groups excluding carboxylic acids is 1. The van der Waals surface area contributed by atoms with E-state index in [-0.39, 0.29) is 5.91 Å². The Bertz CT molecular complexity index is 897. The molecule has 1 aromatic carbocycles. The first kappa shape index (κ1) is 16.6. The second-order valence-corrected chi connectivity index (χ2v) is 6.69. The van der Waals surface area contributed by atoms with Crippen LogP contribution in [0.5, 0.6) is 0 Å². The van der Waals surface area contributed by atoms with Crippen LogP contribution in [0.15, 0.2) is 42.6 Å². The van der Waals surface area contributed by atoms with Crippen LogP contribution in [0, 0.1) is 6.92 Å². The third kappa shape index (κ3) is 3.40. The van der Waals surface area contributed by atoms with Gasteiger partial charge in [-0.25, -0.2) is 9.97 Å². The summed E-state index contributed by atoms with van der Waals surface area (Å²) in [5.41, 5.74) is 2.08. The molecule has 0 aliphatic carbocycles. The van der Waals surface area contributed by atoms with Gasteiger partial charge >= 0.3 is 0 Å². The zero-order valence-electron chi connectivity index (χ0n) is 15.0. The van der Waals surface area contributed by atoms with Crippen LogP contribution in [-0.4, -0.2) is 51.9 Å². The van der Waals surface area contributed by atoms with Gasteiger partial charge in [0.1, 0.15) is 17.3 Å². The molecule has 1 saturated heterocycles. The van der Waals surface area contributed by atoms with Crippen LogP contribution in [-0.2, 0) is 11.2 Å². The van der Waals surface area contributed by atoms with Crippen molar-refractivity contribution in [2.75, 3.05) is 31.1 Å². The largest absolute Gasteiger partial charge is 0.352 e. The lowest BCUT2D eigenvalue weighted by Crippen LogP contribution is -2.49. The number of nitrogens with one attached hydrogen (secondary N) is 1. The first-order valence-electron chi connectivity index (χ1n) is 9.09. The van der Waals surface area contributed by atoms with Gasteiger partial charge in [-0.05, 0) is 25.0 Å². The molecule has 0 radical (unpaired) electrons. The van der Waals surface area contributed by atoms with Crippen molar-refractivity contribution in [3.05, 3.63) is 54.0 Å². The van der Waals surface area contributed by atoms with Crippen LogP contribution in [0.3, 0.4) is 0 Å². The van der Waals surface area contributed by atoms with Crippen molar-refractivity contribution in [2.24, 2.45) is 0 Å². The van der Waals surface area contributed by atoms with Crippen molar-refractivity contribution in [3.8, 4) is 0 Å². The van der Waals surface area contributed by atoms with Crippen LogP contribution in [0.4, 0.5) is 5.82 Å². The van der Waals surface area contributed by atoms with Gasteiger partial charge in [0.15, 0.2) is 0 Å². The van der Waals surface area contributed by atoms with Crippen LogP contribution in [0.2, 0.25) is 0 Å². The molecule has 1 aliphatic rings. The van der Waals surface area contributed by atoms with Gasteiger partial charge in [-0.2, -0.15) is 0 Å². The van der Waals surface area contributed by atoms with Crippen molar-refractivity contribution < 1.29 is 4.79 Å². The Morgan fingerprint density at radius 3 is 2.62 bits per heavy atom. The molecule has 6 heteroatoms. The number of rotatable bonds is 4. The number of H-pyrrole nitrogens is 1. The molecule has 1 amide bonds. The number of benzene rings is 1. The van der Waals surface area contributed by atoms with E-state index < -0.39 is 0 Å². The minimum atomic E-state index is 0.235. The summed E-state index contributed by atoms with van der Waals surface area (Å²) in [5.74, 6) is 1.96. The second-order valence-electron chi connectivity index (χ2n) is 6.69. The number of aromatic amines is 1. The predicted molar refractivity (Wildman–Crippen MR) is 102 cm³/mol. The summed E-state index contributed by atoms with van der Waals surface area (Å²) in [5, 5.41) is 1.04. The normalized spacial score (nSPS) is 14.8. The number of carbonyl (C=O) groups is 1. The molecule has 3 heterocycles. The highest BCUT2D eigenvalue weighted by Crippen LogP contribution is 2.24. The fourth-order valence-corrected chi connectivity index (χ4v) is 3.50. The maximum atomic E-state index is 12.5. The molecule has 134 valence electrons. The SMILES string of the molecule is Cc1nc(N2CCN(C(=O)CCc3ccccc3)CC2)c2cc[nH]c2n1. The van der Waals surface area contributed by atoms with E-state index in [2.05, 4.69) is 32.0 Å². The van der Waals surface area contributed by atoms with Crippen molar-refractivity contribution >= 4 is 22.8 Å². The first-order valence-corrected chi connectivity index (χ1v) is 9.09. The van der Waals surface area contributed by atoms with E-state index in [1.54, 1.807) is 0 Å². The fraction of sp³-hybridized carbons (Fsp3) is 0.350. The van der Waals surface area contributed by atoms with Crippen molar-refractivity contribution in [1.82, 2.24) is 19.9 Å². The van der Waals surface area contributed by atoms with E-state index in [4.69, 9.17) is 0 Å².